The number of hydrogen-bond donors (Lipinski definition) is 2. The van der Waals surface area contributed by atoms with Crippen LogP contribution < -0.4 is 5.46 Å². The van der Waals surface area contributed by atoms with Crippen molar-refractivity contribution in [3.63, 3.8) is 0 Å². The van der Waals surface area contributed by atoms with Gasteiger partial charge in [-0.25, -0.2) is 0 Å². The molecule has 0 bridgehead atoms. The van der Waals surface area contributed by atoms with E-state index in [-0.39, 0.29) is 0 Å². The van der Waals surface area contributed by atoms with E-state index in [0.29, 0.717) is 5.46 Å². The van der Waals surface area contributed by atoms with Crippen LogP contribution in [0.3, 0.4) is 0 Å². The summed E-state index contributed by atoms with van der Waals surface area (Å²) in [6.07, 6.45) is 2.56. The van der Waals surface area contributed by atoms with E-state index in [0.717, 1.165) is 13.2 Å². The summed E-state index contributed by atoms with van der Waals surface area (Å²) in [4.78, 5) is 0. The van der Waals surface area contributed by atoms with Crippen molar-refractivity contribution in [3.05, 3.63) is 30.3 Å². The molecule has 76 valence electrons. The van der Waals surface area contributed by atoms with Crippen molar-refractivity contribution in [1.82, 2.24) is 0 Å². The molecular formula is C10H15BO3. The van der Waals surface area contributed by atoms with Gasteiger partial charge in [-0.15, -0.1) is 0 Å². The van der Waals surface area contributed by atoms with Crippen LogP contribution in [0.4, 0.5) is 0 Å². The minimum Gasteiger partial charge on any atom is -0.423 e. The molecule has 1 aromatic carbocycles. The maximum absolute atomic E-state index is 8.58. The van der Waals surface area contributed by atoms with Crippen LogP contribution in [-0.4, -0.2) is 30.4 Å². The number of rotatable bonds is 1. The molecule has 0 aliphatic carbocycles. The fourth-order valence-electron chi connectivity index (χ4n) is 1.14. The van der Waals surface area contributed by atoms with Gasteiger partial charge in [0.1, 0.15) is 0 Å². The normalized spacial score (nSPS) is 14.4. The fourth-order valence-corrected chi connectivity index (χ4v) is 1.14. The fraction of sp³-hybridized carbons (Fsp3) is 0.400. The standard InChI is InChI=1S/C6H7BO2.C4H8O/c8-7(9)6-4-2-1-3-5-6;1-2-4-5-3-1/h1-5,8-9H;1-4H2. The van der Waals surface area contributed by atoms with Crippen molar-refractivity contribution in [2.75, 3.05) is 13.2 Å². The van der Waals surface area contributed by atoms with Crippen molar-refractivity contribution in [3.8, 4) is 0 Å². The first kappa shape index (κ1) is 11.2. The zero-order chi connectivity index (χ0) is 10.2. The summed E-state index contributed by atoms with van der Waals surface area (Å²) >= 11 is 0. The summed E-state index contributed by atoms with van der Waals surface area (Å²) < 4.78 is 4.94. The molecule has 2 rings (SSSR count). The van der Waals surface area contributed by atoms with Gasteiger partial charge >= 0.3 is 7.12 Å². The quantitative estimate of drug-likeness (QED) is 0.626. The van der Waals surface area contributed by atoms with Gasteiger partial charge in [0.25, 0.3) is 0 Å². The highest BCUT2D eigenvalue weighted by Gasteiger charge is 2.07. The molecule has 1 fully saturated rings. The molecule has 2 N–H and O–H groups in total. The van der Waals surface area contributed by atoms with E-state index in [9.17, 15) is 0 Å². The van der Waals surface area contributed by atoms with Gasteiger partial charge in [0.05, 0.1) is 0 Å². The minimum atomic E-state index is -1.34. The van der Waals surface area contributed by atoms with Crippen molar-refractivity contribution in [2.45, 2.75) is 12.8 Å². The largest absolute Gasteiger partial charge is 0.488 e. The molecule has 0 unspecified atom stereocenters. The Morgan fingerprint density at radius 1 is 1.00 bits per heavy atom. The number of ether oxygens (including phenoxy) is 1. The smallest absolute Gasteiger partial charge is 0.423 e. The maximum Gasteiger partial charge on any atom is 0.488 e. The highest BCUT2D eigenvalue weighted by atomic mass is 16.5. The van der Waals surface area contributed by atoms with E-state index in [1.165, 1.54) is 12.8 Å². The van der Waals surface area contributed by atoms with Crippen LogP contribution in [0.2, 0.25) is 0 Å². The second kappa shape index (κ2) is 6.59. The van der Waals surface area contributed by atoms with Crippen molar-refractivity contribution < 1.29 is 14.8 Å². The zero-order valence-corrected chi connectivity index (χ0v) is 8.10. The van der Waals surface area contributed by atoms with E-state index in [1.807, 2.05) is 6.07 Å². The first-order chi connectivity index (χ1) is 6.80. The molecule has 0 radical (unpaired) electrons. The Kier molecular flexibility index (Phi) is 5.29. The molecule has 1 aliphatic rings. The summed E-state index contributed by atoms with van der Waals surface area (Å²) in [6.45, 7) is 2.00. The average molecular weight is 194 g/mol. The lowest BCUT2D eigenvalue weighted by Gasteiger charge is -1.94. The maximum atomic E-state index is 8.58. The highest BCUT2D eigenvalue weighted by Crippen LogP contribution is 1.98. The van der Waals surface area contributed by atoms with Gasteiger partial charge in [0.2, 0.25) is 0 Å². The van der Waals surface area contributed by atoms with Crippen molar-refractivity contribution in [1.29, 1.82) is 0 Å². The summed E-state index contributed by atoms with van der Waals surface area (Å²) in [5.74, 6) is 0. The number of hydrogen-bond acceptors (Lipinski definition) is 3. The Morgan fingerprint density at radius 3 is 1.86 bits per heavy atom. The van der Waals surface area contributed by atoms with Gasteiger partial charge in [-0.2, -0.15) is 0 Å². The molecule has 3 nitrogen and oxygen atoms in total. The monoisotopic (exact) mass is 194 g/mol. The highest BCUT2D eigenvalue weighted by molar-refractivity contribution is 6.58. The molecule has 0 atom stereocenters. The first-order valence-electron chi connectivity index (χ1n) is 4.79. The Hall–Kier alpha value is -0.835. The second-order valence-corrected chi connectivity index (χ2v) is 3.10. The van der Waals surface area contributed by atoms with Crippen LogP contribution in [0.1, 0.15) is 12.8 Å². The van der Waals surface area contributed by atoms with E-state index in [2.05, 4.69) is 0 Å². The molecular weight excluding hydrogens is 179 g/mol. The topological polar surface area (TPSA) is 49.7 Å². The Morgan fingerprint density at radius 2 is 1.57 bits per heavy atom. The zero-order valence-electron chi connectivity index (χ0n) is 8.10. The van der Waals surface area contributed by atoms with E-state index >= 15 is 0 Å². The van der Waals surface area contributed by atoms with Crippen LogP contribution in [-0.2, 0) is 4.74 Å². The van der Waals surface area contributed by atoms with E-state index in [1.54, 1.807) is 24.3 Å². The average Bonchev–Trinajstić information content (AvgIpc) is 2.77. The van der Waals surface area contributed by atoms with Crippen LogP contribution >= 0.6 is 0 Å². The van der Waals surface area contributed by atoms with Gasteiger partial charge < -0.3 is 14.8 Å². The molecule has 0 saturated carbocycles. The van der Waals surface area contributed by atoms with Gasteiger partial charge in [0.15, 0.2) is 0 Å². The SMILES string of the molecule is C1CCOC1.OB(O)c1ccccc1. The summed E-state index contributed by atoms with van der Waals surface area (Å²) in [5, 5.41) is 17.2. The molecule has 0 amide bonds. The Labute approximate surface area is 84.5 Å². The minimum absolute atomic E-state index is 0.525. The predicted octanol–water partition coefficient (Wildman–Crippen LogP) is 0.163. The van der Waals surface area contributed by atoms with Crippen LogP contribution in [0.15, 0.2) is 30.3 Å². The van der Waals surface area contributed by atoms with Gasteiger partial charge in [0, 0.05) is 13.2 Å². The molecule has 1 aliphatic heterocycles. The summed E-state index contributed by atoms with van der Waals surface area (Å²) in [5.41, 5.74) is 0.525. The summed E-state index contributed by atoms with van der Waals surface area (Å²) in [6, 6.07) is 8.66. The molecule has 1 heterocycles. The molecule has 0 spiro atoms. The van der Waals surface area contributed by atoms with Crippen LogP contribution in [0.5, 0.6) is 0 Å². The molecule has 4 heteroatoms. The number of benzene rings is 1. The lowest BCUT2D eigenvalue weighted by atomic mass is 9.81. The predicted molar refractivity (Wildman–Crippen MR) is 56.3 cm³/mol. The first-order valence-corrected chi connectivity index (χ1v) is 4.79. The molecule has 0 aromatic heterocycles. The Bertz CT molecular complexity index is 227. The molecule has 1 saturated heterocycles. The third-order valence-electron chi connectivity index (χ3n) is 1.93. The Balaban J connectivity index is 0.000000165. The van der Waals surface area contributed by atoms with E-state index < -0.39 is 7.12 Å². The third-order valence-corrected chi connectivity index (χ3v) is 1.93. The third kappa shape index (κ3) is 4.41. The van der Waals surface area contributed by atoms with Crippen molar-refractivity contribution >= 4 is 12.6 Å². The lowest BCUT2D eigenvalue weighted by molar-refractivity contribution is 0.198. The van der Waals surface area contributed by atoms with Gasteiger partial charge in [-0.3, -0.25) is 0 Å². The van der Waals surface area contributed by atoms with Crippen LogP contribution in [0, 0.1) is 0 Å². The van der Waals surface area contributed by atoms with Crippen molar-refractivity contribution in [2.24, 2.45) is 0 Å². The molecule has 14 heavy (non-hydrogen) atoms. The second-order valence-electron chi connectivity index (χ2n) is 3.10. The van der Waals surface area contributed by atoms with E-state index in [4.69, 9.17) is 14.8 Å². The van der Waals surface area contributed by atoms with Gasteiger partial charge in [-0.05, 0) is 18.3 Å². The van der Waals surface area contributed by atoms with Gasteiger partial charge in [-0.1, -0.05) is 30.3 Å². The summed E-state index contributed by atoms with van der Waals surface area (Å²) in [7, 11) is -1.34. The molecule has 1 aromatic rings. The van der Waals surface area contributed by atoms with Crippen LogP contribution in [0.25, 0.3) is 0 Å². The lowest BCUT2D eigenvalue weighted by Crippen LogP contribution is -2.29.